The van der Waals surface area contributed by atoms with E-state index in [-0.39, 0.29) is 0 Å². The molecule has 0 amide bonds. The van der Waals surface area contributed by atoms with Crippen LogP contribution in [0.2, 0.25) is 0 Å². The van der Waals surface area contributed by atoms with E-state index in [4.69, 9.17) is 4.74 Å². The van der Waals surface area contributed by atoms with Gasteiger partial charge in [-0.2, -0.15) is 0 Å². The molecule has 2 nitrogen and oxygen atoms in total. The van der Waals surface area contributed by atoms with Gasteiger partial charge in [-0.3, -0.25) is 0 Å². The number of hydrogen-bond acceptors (Lipinski definition) is 2. The Kier molecular flexibility index (Phi) is 3.38. The molecule has 2 heteroatoms. The molecule has 1 aromatic rings. The Morgan fingerprint density at radius 1 is 1.27 bits per heavy atom. The van der Waals surface area contributed by atoms with E-state index in [0.29, 0.717) is 6.42 Å². The highest BCUT2D eigenvalue weighted by atomic mass is 16.5. The molecule has 0 aromatic heterocycles. The molecule has 1 aliphatic rings. The van der Waals surface area contributed by atoms with Crippen molar-refractivity contribution in [3.05, 3.63) is 29.8 Å². The predicted molar refractivity (Wildman–Crippen MR) is 59.0 cm³/mol. The smallest absolute Gasteiger partial charge is 0.120 e. The lowest BCUT2D eigenvalue weighted by atomic mass is 10.1. The molecule has 1 aromatic carbocycles. The summed E-state index contributed by atoms with van der Waals surface area (Å²) in [6.45, 7) is 0.855. The van der Waals surface area contributed by atoms with Gasteiger partial charge in [-0.1, -0.05) is 12.1 Å². The Hall–Kier alpha value is -1.31. The Bertz CT molecular complexity index is 312. The van der Waals surface area contributed by atoms with Crippen LogP contribution < -0.4 is 4.74 Å². The topological polar surface area (TPSA) is 26.3 Å². The first-order chi connectivity index (χ1) is 7.38. The standard InChI is InChI=1S/C13H16O2/c14-9-1-2-11-5-7-13(8-6-11)15-10-12-3-4-12/h5-9,12H,1-4,10H2. The zero-order chi connectivity index (χ0) is 10.5. The third-order valence-electron chi connectivity index (χ3n) is 2.66. The number of hydrogen-bond donors (Lipinski definition) is 0. The molecule has 0 bridgehead atoms. The van der Waals surface area contributed by atoms with Crippen LogP contribution in [0.5, 0.6) is 5.75 Å². The van der Waals surface area contributed by atoms with Gasteiger partial charge >= 0.3 is 0 Å². The molecule has 15 heavy (non-hydrogen) atoms. The summed E-state index contributed by atoms with van der Waals surface area (Å²) in [5.41, 5.74) is 1.20. The normalized spacial score (nSPS) is 14.9. The SMILES string of the molecule is O=CCCc1ccc(OCC2CC2)cc1. The number of rotatable bonds is 6. The van der Waals surface area contributed by atoms with Crippen LogP contribution in [0.25, 0.3) is 0 Å². The highest BCUT2D eigenvalue weighted by molar-refractivity contribution is 5.50. The van der Waals surface area contributed by atoms with Crippen molar-refractivity contribution >= 4 is 6.29 Å². The zero-order valence-electron chi connectivity index (χ0n) is 8.82. The minimum Gasteiger partial charge on any atom is -0.493 e. The highest BCUT2D eigenvalue weighted by Gasteiger charge is 2.21. The fraction of sp³-hybridized carbons (Fsp3) is 0.462. The van der Waals surface area contributed by atoms with Crippen LogP contribution in [0.1, 0.15) is 24.8 Å². The summed E-state index contributed by atoms with van der Waals surface area (Å²) < 4.78 is 5.62. The Labute approximate surface area is 90.3 Å². The van der Waals surface area contributed by atoms with Crippen LogP contribution in [0.15, 0.2) is 24.3 Å². The minimum absolute atomic E-state index is 0.599. The molecule has 80 valence electrons. The van der Waals surface area contributed by atoms with E-state index in [1.165, 1.54) is 18.4 Å². The molecule has 0 spiro atoms. The maximum Gasteiger partial charge on any atom is 0.120 e. The van der Waals surface area contributed by atoms with Gasteiger partial charge in [0.15, 0.2) is 0 Å². The fourth-order valence-electron chi connectivity index (χ4n) is 1.48. The second-order valence-electron chi connectivity index (χ2n) is 4.10. The van der Waals surface area contributed by atoms with Crippen molar-refractivity contribution in [1.29, 1.82) is 0 Å². The number of aldehydes is 1. The fourth-order valence-corrected chi connectivity index (χ4v) is 1.48. The summed E-state index contributed by atoms with van der Waals surface area (Å²) in [6.07, 6.45) is 5.01. The molecule has 1 saturated carbocycles. The van der Waals surface area contributed by atoms with E-state index in [9.17, 15) is 4.79 Å². The second kappa shape index (κ2) is 4.96. The van der Waals surface area contributed by atoms with Gasteiger partial charge in [-0.05, 0) is 42.9 Å². The van der Waals surface area contributed by atoms with E-state index in [1.54, 1.807) is 0 Å². The maximum absolute atomic E-state index is 10.2. The van der Waals surface area contributed by atoms with Gasteiger partial charge < -0.3 is 9.53 Å². The van der Waals surface area contributed by atoms with E-state index in [1.807, 2.05) is 24.3 Å². The second-order valence-corrected chi connectivity index (χ2v) is 4.10. The van der Waals surface area contributed by atoms with E-state index in [2.05, 4.69) is 0 Å². The monoisotopic (exact) mass is 204 g/mol. The lowest BCUT2D eigenvalue weighted by Gasteiger charge is -2.05. The summed E-state index contributed by atoms with van der Waals surface area (Å²) in [6, 6.07) is 8.04. The van der Waals surface area contributed by atoms with Gasteiger partial charge in [0.1, 0.15) is 12.0 Å². The molecule has 0 heterocycles. The van der Waals surface area contributed by atoms with Gasteiger partial charge in [0.05, 0.1) is 6.61 Å². The maximum atomic E-state index is 10.2. The lowest BCUT2D eigenvalue weighted by molar-refractivity contribution is -0.107. The number of benzene rings is 1. The first-order valence-electron chi connectivity index (χ1n) is 5.54. The van der Waals surface area contributed by atoms with Crippen molar-refractivity contribution in [2.75, 3.05) is 6.61 Å². The summed E-state index contributed by atoms with van der Waals surface area (Å²) in [5.74, 6) is 1.73. The van der Waals surface area contributed by atoms with Crippen LogP contribution in [0, 0.1) is 5.92 Å². The van der Waals surface area contributed by atoms with Crippen molar-refractivity contribution in [3.63, 3.8) is 0 Å². The molecule has 0 atom stereocenters. The molecule has 0 N–H and O–H groups in total. The van der Waals surface area contributed by atoms with E-state index >= 15 is 0 Å². The highest BCUT2D eigenvalue weighted by Crippen LogP contribution is 2.29. The first kappa shape index (κ1) is 10.2. The van der Waals surface area contributed by atoms with Crippen molar-refractivity contribution in [2.45, 2.75) is 25.7 Å². The molecular weight excluding hydrogens is 188 g/mol. The molecule has 0 aliphatic heterocycles. The molecule has 0 saturated heterocycles. The van der Waals surface area contributed by atoms with Crippen molar-refractivity contribution in [1.82, 2.24) is 0 Å². The first-order valence-corrected chi connectivity index (χ1v) is 5.54. The molecule has 1 aliphatic carbocycles. The minimum atomic E-state index is 0.599. The Morgan fingerprint density at radius 3 is 2.60 bits per heavy atom. The summed E-state index contributed by atoms with van der Waals surface area (Å²) in [5, 5.41) is 0. The Morgan fingerprint density at radius 2 is 2.00 bits per heavy atom. The van der Waals surface area contributed by atoms with Gasteiger partial charge in [-0.15, -0.1) is 0 Å². The number of aryl methyl sites for hydroxylation is 1. The summed E-state index contributed by atoms with van der Waals surface area (Å²) in [4.78, 5) is 10.2. The van der Waals surface area contributed by atoms with E-state index < -0.39 is 0 Å². The Balaban J connectivity index is 1.82. The quantitative estimate of drug-likeness (QED) is 0.666. The van der Waals surface area contributed by atoms with Crippen molar-refractivity contribution in [3.8, 4) is 5.75 Å². The average Bonchev–Trinajstić information content (AvgIpc) is 3.09. The number of carbonyl (C=O) groups is 1. The van der Waals surface area contributed by atoms with E-state index in [0.717, 1.165) is 31.0 Å². The average molecular weight is 204 g/mol. The van der Waals surface area contributed by atoms with Gasteiger partial charge in [0.2, 0.25) is 0 Å². The number of ether oxygens (including phenoxy) is 1. The molecule has 1 fully saturated rings. The third kappa shape index (κ3) is 3.39. The molecule has 0 unspecified atom stereocenters. The van der Waals surface area contributed by atoms with Gasteiger partial charge in [-0.25, -0.2) is 0 Å². The van der Waals surface area contributed by atoms with Crippen LogP contribution in [0.4, 0.5) is 0 Å². The third-order valence-corrected chi connectivity index (χ3v) is 2.66. The largest absolute Gasteiger partial charge is 0.493 e. The predicted octanol–water partition coefficient (Wildman–Crippen LogP) is 2.61. The van der Waals surface area contributed by atoms with Gasteiger partial charge in [0.25, 0.3) is 0 Å². The summed E-state index contributed by atoms with van der Waals surface area (Å²) in [7, 11) is 0. The van der Waals surface area contributed by atoms with Crippen LogP contribution >= 0.6 is 0 Å². The van der Waals surface area contributed by atoms with Crippen molar-refractivity contribution in [2.24, 2.45) is 5.92 Å². The molecule has 0 radical (unpaired) electrons. The molecular formula is C13H16O2. The van der Waals surface area contributed by atoms with Crippen LogP contribution in [-0.2, 0) is 11.2 Å². The number of carbonyl (C=O) groups excluding carboxylic acids is 1. The lowest BCUT2D eigenvalue weighted by Crippen LogP contribution is -1.98. The molecule has 2 rings (SSSR count). The van der Waals surface area contributed by atoms with Crippen molar-refractivity contribution < 1.29 is 9.53 Å². The zero-order valence-corrected chi connectivity index (χ0v) is 8.82. The van der Waals surface area contributed by atoms with Crippen LogP contribution in [-0.4, -0.2) is 12.9 Å². The van der Waals surface area contributed by atoms with Crippen LogP contribution in [0.3, 0.4) is 0 Å². The van der Waals surface area contributed by atoms with Gasteiger partial charge in [0, 0.05) is 6.42 Å². The summed E-state index contributed by atoms with van der Waals surface area (Å²) >= 11 is 0.